The molecule has 4 saturated heterocycles. The van der Waals surface area contributed by atoms with E-state index in [0.29, 0.717) is 0 Å². The average molecular weight is 234 g/mol. The minimum atomic E-state index is -0.921. The van der Waals surface area contributed by atoms with Crippen molar-refractivity contribution in [2.45, 2.75) is 0 Å². The van der Waals surface area contributed by atoms with Gasteiger partial charge in [-0.3, -0.25) is 0 Å². The molecule has 0 saturated carbocycles. The minimum absolute atomic E-state index is 0.921. The first kappa shape index (κ1) is 9.55. The Morgan fingerprint density at radius 1 is 0.750 bits per heavy atom. The summed E-state index contributed by atoms with van der Waals surface area (Å²) in [6, 6.07) is 11.2. The van der Waals surface area contributed by atoms with Crippen molar-refractivity contribution in [3.05, 3.63) is 30.3 Å². The van der Waals surface area contributed by atoms with Gasteiger partial charge in [-0.2, -0.15) is 0 Å². The first-order valence-corrected chi connectivity index (χ1v) is 8.27. The molecule has 0 atom stereocenters. The average Bonchev–Trinajstić information content (AvgIpc) is 2.28. The van der Waals surface area contributed by atoms with Crippen molar-refractivity contribution in [2.75, 3.05) is 38.9 Å². The van der Waals surface area contributed by atoms with E-state index in [1.165, 1.54) is 38.9 Å². The van der Waals surface area contributed by atoms with Gasteiger partial charge in [-0.15, -0.1) is 0 Å². The molecule has 5 rings (SSSR count). The van der Waals surface area contributed by atoms with Crippen LogP contribution in [0.15, 0.2) is 30.3 Å². The van der Waals surface area contributed by atoms with Gasteiger partial charge >= 0.3 is 0 Å². The standard InChI is InChI=1S/C12H17N3P/c1-2-4-12(5-3-1)16-9-13-6-14(10-16)8-15(7-13)11-16/h1-5H,6-11H2/q+1. The molecule has 16 heavy (non-hydrogen) atoms. The molecule has 4 heterocycles. The van der Waals surface area contributed by atoms with Gasteiger partial charge in [0.15, 0.2) is 0 Å². The maximum atomic E-state index is 2.62. The molecule has 0 spiro atoms. The highest BCUT2D eigenvalue weighted by Gasteiger charge is 2.55. The van der Waals surface area contributed by atoms with E-state index in [-0.39, 0.29) is 0 Å². The molecular formula is C12H17N3P+. The lowest BCUT2D eigenvalue weighted by Gasteiger charge is -2.55. The van der Waals surface area contributed by atoms with Crippen LogP contribution in [-0.2, 0) is 0 Å². The molecular weight excluding hydrogens is 217 g/mol. The van der Waals surface area contributed by atoms with Crippen LogP contribution in [0.5, 0.6) is 0 Å². The van der Waals surface area contributed by atoms with E-state index in [2.05, 4.69) is 45.0 Å². The van der Waals surface area contributed by atoms with E-state index in [1.807, 2.05) is 0 Å². The Morgan fingerprint density at radius 2 is 1.25 bits per heavy atom. The molecule has 0 aliphatic carbocycles. The predicted molar refractivity (Wildman–Crippen MR) is 67.7 cm³/mol. The fraction of sp³-hybridized carbons (Fsp3) is 0.500. The Morgan fingerprint density at radius 3 is 1.75 bits per heavy atom. The van der Waals surface area contributed by atoms with Gasteiger partial charge in [-0.05, 0) is 12.1 Å². The number of hydrogen-bond acceptors (Lipinski definition) is 3. The topological polar surface area (TPSA) is 9.72 Å². The molecule has 1 aromatic carbocycles. The Labute approximate surface area is 97.0 Å². The van der Waals surface area contributed by atoms with Crippen LogP contribution < -0.4 is 5.30 Å². The number of rotatable bonds is 1. The van der Waals surface area contributed by atoms with Crippen molar-refractivity contribution in [3.63, 3.8) is 0 Å². The smallest absolute Gasteiger partial charge is 0.121 e. The highest BCUT2D eigenvalue weighted by atomic mass is 31.2. The lowest BCUT2D eigenvalue weighted by Crippen LogP contribution is -2.65. The molecule has 0 aromatic heterocycles. The van der Waals surface area contributed by atoms with E-state index < -0.39 is 7.26 Å². The molecule has 84 valence electrons. The SMILES string of the molecule is c1ccc([P+]23CN4CN(CN(C4)C2)C3)cc1. The molecule has 4 bridgehead atoms. The van der Waals surface area contributed by atoms with E-state index in [0.717, 1.165) is 0 Å². The van der Waals surface area contributed by atoms with Crippen molar-refractivity contribution in [1.82, 2.24) is 14.7 Å². The second-order valence-corrected chi connectivity index (χ2v) is 9.00. The van der Waals surface area contributed by atoms with Crippen molar-refractivity contribution < 1.29 is 0 Å². The molecule has 4 aliphatic heterocycles. The first-order chi connectivity index (χ1) is 7.84. The molecule has 1 aromatic rings. The van der Waals surface area contributed by atoms with Crippen molar-refractivity contribution in [2.24, 2.45) is 0 Å². The summed E-state index contributed by atoms with van der Waals surface area (Å²) in [5, 5.41) is 1.63. The number of benzene rings is 1. The largest absolute Gasteiger partial charge is 0.244 e. The summed E-state index contributed by atoms with van der Waals surface area (Å²) in [5.41, 5.74) is 0. The maximum Gasteiger partial charge on any atom is 0.121 e. The quantitative estimate of drug-likeness (QED) is 0.672. The molecule has 0 N–H and O–H groups in total. The van der Waals surface area contributed by atoms with E-state index in [9.17, 15) is 0 Å². The van der Waals surface area contributed by atoms with Gasteiger partial charge in [0.05, 0.1) is 32.6 Å². The summed E-state index contributed by atoms with van der Waals surface area (Å²) in [6.07, 6.45) is 4.05. The van der Waals surface area contributed by atoms with Crippen LogP contribution in [0.2, 0.25) is 0 Å². The highest BCUT2D eigenvalue weighted by Crippen LogP contribution is 2.64. The molecule has 4 heteroatoms. The van der Waals surface area contributed by atoms with Gasteiger partial charge < -0.3 is 0 Å². The zero-order valence-corrected chi connectivity index (χ0v) is 10.3. The van der Waals surface area contributed by atoms with E-state index in [1.54, 1.807) is 5.30 Å². The number of hydrogen-bond donors (Lipinski definition) is 0. The summed E-state index contributed by atoms with van der Waals surface area (Å²) in [4.78, 5) is 7.87. The summed E-state index contributed by atoms with van der Waals surface area (Å²) >= 11 is 0. The summed E-state index contributed by atoms with van der Waals surface area (Å²) < 4.78 is 0. The fourth-order valence-electron chi connectivity index (χ4n) is 3.52. The normalized spacial score (nSPS) is 44.9. The van der Waals surface area contributed by atoms with Crippen molar-refractivity contribution >= 4 is 12.6 Å². The lowest BCUT2D eigenvalue weighted by molar-refractivity contribution is -0.0268. The van der Waals surface area contributed by atoms with Crippen LogP contribution in [0.1, 0.15) is 0 Å². The predicted octanol–water partition coefficient (Wildman–Crippen LogP) is 1.02. The van der Waals surface area contributed by atoms with Crippen LogP contribution >= 0.6 is 7.26 Å². The summed E-state index contributed by atoms with van der Waals surface area (Å²) in [7, 11) is -0.921. The second kappa shape index (κ2) is 3.27. The third kappa shape index (κ3) is 1.29. The highest BCUT2D eigenvalue weighted by molar-refractivity contribution is 7.82. The molecule has 0 amide bonds. The fourth-order valence-corrected chi connectivity index (χ4v) is 7.92. The molecule has 0 unspecified atom stereocenters. The molecule has 4 fully saturated rings. The Hall–Kier alpha value is -0.470. The number of nitrogens with zero attached hydrogens (tertiary/aromatic N) is 3. The molecule has 0 radical (unpaired) electrons. The zero-order valence-electron chi connectivity index (χ0n) is 9.42. The molecule has 4 aliphatic rings. The Kier molecular flexibility index (Phi) is 1.95. The Balaban J connectivity index is 1.77. The third-order valence-corrected chi connectivity index (χ3v) is 8.13. The maximum absolute atomic E-state index is 2.62. The summed E-state index contributed by atoms with van der Waals surface area (Å²) in [6.45, 7) is 3.60. The summed E-state index contributed by atoms with van der Waals surface area (Å²) in [5.74, 6) is 0. The van der Waals surface area contributed by atoms with Crippen LogP contribution in [-0.4, -0.2) is 53.6 Å². The van der Waals surface area contributed by atoms with Crippen molar-refractivity contribution in [3.8, 4) is 0 Å². The van der Waals surface area contributed by atoms with Gasteiger partial charge in [0, 0.05) is 0 Å². The van der Waals surface area contributed by atoms with Crippen LogP contribution in [0.25, 0.3) is 0 Å². The Bertz CT molecular complexity index is 371. The second-order valence-electron chi connectivity index (χ2n) is 5.34. The van der Waals surface area contributed by atoms with Crippen molar-refractivity contribution in [1.29, 1.82) is 0 Å². The zero-order chi connectivity index (χ0) is 10.6. The van der Waals surface area contributed by atoms with Crippen LogP contribution in [0, 0.1) is 0 Å². The monoisotopic (exact) mass is 234 g/mol. The third-order valence-electron chi connectivity index (χ3n) is 3.92. The van der Waals surface area contributed by atoms with Gasteiger partial charge in [0.25, 0.3) is 0 Å². The van der Waals surface area contributed by atoms with Crippen LogP contribution in [0.3, 0.4) is 0 Å². The lowest BCUT2D eigenvalue weighted by atomic mass is 10.4. The van der Waals surface area contributed by atoms with Crippen LogP contribution in [0.4, 0.5) is 0 Å². The minimum Gasteiger partial charge on any atom is -0.244 e. The van der Waals surface area contributed by atoms with Gasteiger partial charge in [-0.1, -0.05) is 18.2 Å². The van der Waals surface area contributed by atoms with E-state index in [4.69, 9.17) is 0 Å². The first-order valence-electron chi connectivity index (χ1n) is 5.93. The van der Waals surface area contributed by atoms with Gasteiger partial charge in [0.1, 0.15) is 18.9 Å². The molecule has 3 nitrogen and oxygen atoms in total. The van der Waals surface area contributed by atoms with Gasteiger partial charge in [-0.25, -0.2) is 14.7 Å². The van der Waals surface area contributed by atoms with Gasteiger partial charge in [0.2, 0.25) is 0 Å². The van der Waals surface area contributed by atoms with E-state index >= 15 is 0 Å².